The Kier molecular flexibility index (Phi) is 4.61. The van der Waals surface area contributed by atoms with Crippen molar-refractivity contribution in [1.29, 1.82) is 0 Å². The van der Waals surface area contributed by atoms with E-state index in [-0.39, 0.29) is 22.5 Å². The molecule has 0 saturated heterocycles. The Bertz CT molecular complexity index is 561. The van der Waals surface area contributed by atoms with E-state index in [1.54, 1.807) is 6.20 Å². The molecule has 100 valence electrons. The van der Waals surface area contributed by atoms with Gasteiger partial charge in [0.15, 0.2) is 0 Å². The predicted octanol–water partition coefficient (Wildman–Crippen LogP) is 3.23. The van der Waals surface area contributed by atoms with Crippen LogP contribution in [0.3, 0.4) is 0 Å². The second kappa shape index (κ2) is 6.21. The van der Waals surface area contributed by atoms with Gasteiger partial charge in [0.2, 0.25) is 0 Å². The van der Waals surface area contributed by atoms with Gasteiger partial charge in [0, 0.05) is 29.9 Å². The highest BCUT2D eigenvalue weighted by atomic mass is 79.9. The summed E-state index contributed by atoms with van der Waals surface area (Å²) >= 11 is 3.04. The molecule has 0 saturated carbocycles. The van der Waals surface area contributed by atoms with Gasteiger partial charge in [-0.25, -0.2) is 8.78 Å². The summed E-state index contributed by atoms with van der Waals surface area (Å²) in [6.07, 6.45) is 2.28. The third kappa shape index (κ3) is 3.58. The topological polar surface area (TPSA) is 38.9 Å². The van der Waals surface area contributed by atoms with E-state index in [0.717, 1.165) is 5.69 Å². The Morgan fingerprint density at radius 3 is 2.63 bits per heavy atom. The molecule has 0 spiro atoms. The molecule has 2 nitrogen and oxygen atoms in total. The number of nitrogens with two attached hydrogens (primary N) is 1. The SMILES string of the molecule is NC(Cc1ccccn1)Cc1c(F)ccc(Br)c1F. The zero-order chi connectivity index (χ0) is 13.8. The van der Waals surface area contributed by atoms with Crippen LogP contribution in [-0.2, 0) is 12.8 Å². The molecule has 5 heteroatoms. The molecule has 2 rings (SSSR count). The Balaban J connectivity index is 2.11. The fourth-order valence-electron chi connectivity index (χ4n) is 1.88. The van der Waals surface area contributed by atoms with Gasteiger partial charge in [-0.3, -0.25) is 4.98 Å². The maximum absolute atomic E-state index is 13.8. The molecule has 2 N–H and O–H groups in total. The van der Waals surface area contributed by atoms with E-state index in [9.17, 15) is 8.78 Å². The number of benzene rings is 1. The lowest BCUT2D eigenvalue weighted by atomic mass is 10.0. The minimum absolute atomic E-state index is 0.0119. The number of rotatable bonds is 4. The monoisotopic (exact) mass is 326 g/mol. The van der Waals surface area contributed by atoms with Crippen LogP contribution in [-0.4, -0.2) is 11.0 Å². The second-order valence-electron chi connectivity index (χ2n) is 4.31. The number of hydrogen-bond donors (Lipinski definition) is 1. The molecule has 1 unspecified atom stereocenters. The molecule has 0 aliphatic heterocycles. The van der Waals surface area contributed by atoms with Crippen LogP contribution in [0.15, 0.2) is 41.0 Å². The summed E-state index contributed by atoms with van der Waals surface area (Å²) in [6.45, 7) is 0. The average Bonchev–Trinajstić information content (AvgIpc) is 2.40. The highest BCUT2D eigenvalue weighted by Crippen LogP contribution is 2.22. The lowest BCUT2D eigenvalue weighted by molar-refractivity contribution is 0.529. The van der Waals surface area contributed by atoms with Gasteiger partial charge in [0.25, 0.3) is 0 Å². The zero-order valence-electron chi connectivity index (χ0n) is 10.1. The van der Waals surface area contributed by atoms with Crippen molar-refractivity contribution in [1.82, 2.24) is 4.98 Å². The number of aromatic nitrogens is 1. The molecular weight excluding hydrogens is 314 g/mol. The first-order chi connectivity index (χ1) is 9.08. The van der Waals surface area contributed by atoms with Crippen molar-refractivity contribution in [3.05, 3.63) is 63.9 Å². The van der Waals surface area contributed by atoms with Crippen LogP contribution in [0.25, 0.3) is 0 Å². The molecule has 1 aromatic carbocycles. The summed E-state index contributed by atoms with van der Waals surface area (Å²) in [5.74, 6) is -1.16. The van der Waals surface area contributed by atoms with Crippen LogP contribution in [0.2, 0.25) is 0 Å². The van der Waals surface area contributed by atoms with E-state index >= 15 is 0 Å². The second-order valence-corrected chi connectivity index (χ2v) is 5.17. The Morgan fingerprint density at radius 2 is 1.95 bits per heavy atom. The fourth-order valence-corrected chi connectivity index (χ4v) is 2.25. The molecule has 0 aliphatic rings. The summed E-state index contributed by atoms with van der Waals surface area (Å²) < 4.78 is 27.6. The van der Waals surface area contributed by atoms with Gasteiger partial charge in [-0.05, 0) is 46.6 Å². The Labute approximate surface area is 118 Å². The average molecular weight is 327 g/mol. The lowest BCUT2D eigenvalue weighted by Crippen LogP contribution is -2.27. The molecule has 0 fully saturated rings. The van der Waals surface area contributed by atoms with E-state index in [0.29, 0.717) is 6.42 Å². The van der Waals surface area contributed by atoms with Crippen molar-refractivity contribution in [3.8, 4) is 0 Å². The molecule has 0 radical (unpaired) electrons. The highest BCUT2D eigenvalue weighted by Gasteiger charge is 2.16. The molecule has 1 aromatic heterocycles. The minimum atomic E-state index is -0.587. The van der Waals surface area contributed by atoms with Crippen LogP contribution in [0, 0.1) is 11.6 Å². The van der Waals surface area contributed by atoms with Crippen molar-refractivity contribution < 1.29 is 8.78 Å². The van der Waals surface area contributed by atoms with E-state index in [2.05, 4.69) is 20.9 Å². The predicted molar refractivity (Wildman–Crippen MR) is 73.7 cm³/mol. The van der Waals surface area contributed by atoms with Crippen LogP contribution < -0.4 is 5.73 Å². The normalized spacial score (nSPS) is 12.4. The zero-order valence-corrected chi connectivity index (χ0v) is 11.7. The number of nitrogens with zero attached hydrogens (tertiary/aromatic N) is 1. The first-order valence-electron chi connectivity index (χ1n) is 5.86. The smallest absolute Gasteiger partial charge is 0.143 e. The fraction of sp³-hybridized carbons (Fsp3) is 0.214. The van der Waals surface area contributed by atoms with E-state index in [4.69, 9.17) is 5.73 Å². The van der Waals surface area contributed by atoms with Gasteiger partial charge >= 0.3 is 0 Å². The molecule has 0 amide bonds. The Morgan fingerprint density at radius 1 is 1.16 bits per heavy atom. The van der Waals surface area contributed by atoms with Gasteiger partial charge in [0.05, 0.1) is 4.47 Å². The Hall–Kier alpha value is -1.33. The largest absolute Gasteiger partial charge is 0.327 e. The number of halogens is 3. The van der Waals surface area contributed by atoms with Crippen molar-refractivity contribution in [2.24, 2.45) is 5.73 Å². The van der Waals surface area contributed by atoms with Gasteiger partial charge in [-0.2, -0.15) is 0 Å². The molecule has 2 aromatic rings. The first-order valence-corrected chi connectivity index (χ1v) is 6.65. The van der Waals surface area contributed by atoms with Crippen LogP contribution in [0.5, 0.6) is 0 Å². The van der Waals surface area contributed by atoms with Crippen LogP contribution >= 0.6 is 15.9 Å². The van der Waals surface area contributed by atoms with Gasteiger partial charge in [-0.15, -0.1) is 0 Å². The summed E-state index contributed by atoms with van der Waals surface area (Å²) in [5, 5.41) is 0. The first kappa shape index (κ1) is 14.1. The standard InChI is InChI=1S/C14H13BrF2N2/c15-12-4-5-13(16)11(14(12)17)8-9(18)7-10-3-1-2-6-19-10/h1-6,9H,7-8,18H2. The van der Waals surface area contributed by atoms with Crippen molar-refractivity contribution in [2.75, 3.05) is 0 Å². The summed E-state index contributed by atoms with van der Waals surface area (Å²) in [6, 6.07) is 7.70. The van der Waals surface area contributed by atoms with Crippen LogP contribution in [0.1, 0.15) is 11.3 Å². The number of pyridine rings is 1. The maximum Gasteiger partial charge on any atom is 0.143 e. The molecule has 1 atom stereocenters. The maximum atomic E-state index is 13.8. The summed E-state index contributed by atoms with van der Waals surface area (Å²) in [7, 11) is 0. The van der Waals surface area contributed by atoms with Gasteiger partial charge < -0.3 is 5.73 Å². The van der Waals surface area contributed by atoms with Gasteiger partial charge in [-0.1, -0.05) is 6.07 Å². The number of hydrogen-bond acceptors (Lipinski definition) is 2. The van der Waals surface area contributed by atoms with E-state index in [1.807, 2.05) is 18.2 Å². The summed E-state index contributed by atoms with van der Waals surface area (Å²) in [4.78, 5) is 4.15. The third-order valence-corrected chi connectivity index (χ3v) is 3.42. The lowest BCUT2D eigenvalue weighted by Gasteiger charge is -2.13. The highest BCUT2D eigenvalue weighted by molar-refractivity contribution is 9.10. The van der Waals surface area contributed by atoms with Gasteiger partial charge in [0.1, 0.15) is 11.6 Å². The van der Waals surface area contributed by atoms with Crippen molar-refractivity contribution >= 4 is 15.9 Å². The molecule has 19 heavy (non-hydrogen) atoms. The summed E-state index contributed by atoms with van der Waals surface area (Å²) in [5.41, 5.74) is 6.76. The molecule has 0 aliphatic carbocycles. The molecule has 0 bridgehead atoms. The van der Waals surface area contributed by atoms with Crippen LogP contribution in [0.4, 0.5) is 8.78 Å². The van der Waals surface area contributed by atoms with E-state index < -0.39 is 11.6 Å². The van der Waals surface area contributed by atoms with Crippen molar-refractivity contribution in [3.63, 3.8) is 0 Å². The van der Waals surface area contributed by atoms with E-state index in [1.165, 1.54) is 12.1 Å². The molecular formula is C14H13BrF2N2. The third-order valence-electron chi connectivity index (χ3n) is 2.80. The molecule has 1 heterocycles. The van der Waals surface area contributed by atoms with Crippen molar-refractivity contribution in [2.45, 2.75) is 18.9 Å². The minimum Gasteiger partial charge on any atom is -0.327 e. The quantitative estimate of drug-likeness (QED) is 0.876.